The molecule has 0 spiro atoms. The molecule has 0 heterocycles. The molecule has 2 aromatic carbocycles. The number of nitrogens with two attached hydrogens (primary N) is 1. The van der Waals surface area contributed by atoms with Crippen molar-refractivity contribution in [3.05, 3.63) is 64.3 Å². The summed E-state index contributed by atoms with van der Waals surface area (Å²) in [7, 11) is -2.58. The van der Waals surface area contributed by atoms with Gasteiger partial charge in [-0.25, -0.2) is 12.8 Å². The van der Waals surface area contributed by atoms with Crippen LogP contribution in [-0.2, 0) is 20.4 Å². The lowest BCUT2D eigenvalue weighted by molar-refractivity contribution is -0.113. The summed E-state index contributed by atoms with van der Waals surface area (Å²) in [5, 5.41) is 0. The Bertz CT molecular complexity index is 953. The molecule has 0 aromatic heterocycles. The van der Waals surface area contributed by atoms with Gasteiger partial charge in [-0.1, -0.05) is 18.2 Å². The number of rotatable bonds is 8. The van der Waals surface area contributed by atoms with Gasteiger partial charge >= 0.3 is 0 Å². The molecule has 0 aliphatic carbocycles. The number of carbonyl (C=O) groups excluding carboxylic acids is 1. The van der Waals surface area contributed by atoms with Crippen LogP contribution in [0.15, 0.2) is 47.4 Å². The molecule has 0 bridgehead atoms. The number of amides is 1. The molecule has 144 valence electrons. The molecule has 2 rings (SSSR count). The van der Waals surface area contributed by atoms with Crippen LogP contribution in [0.25, 0.3) is 6.08 Å². The van der Waals surface area contributed by atoms with Crippen LogP contribution in [0.3, 0.4) is 0 Å². The Kier molecular flexibility index (Phi) is 6.57. The van der Waals surface area contributed by atoms with Crippen LogP contribution >= 0.6 is 0 Å². The van der Waals surface area contributed by atoms with Crippen LogP contribution in [0.1, 0.15) is 18.1 Å². The van der Waals surface area contributed by atoms with Crippen molar-refractivity contribution >= 4 is 21.8 Å². The predicted molar refractivity (Wildman–Crippen MR) is 100 cm³/mol. The van der Waals surface area contributed by atoms with Crippen molar-refractivity contribution in [1.29, 1.82) is 0 Å². The number of benzene rings is 2. The topological polar surface area (TPSA) is 95.7 Å². The SMILES string of the molecule is CCOc1ccc(C=C(C(N)=O)S(=O)(=O)Cc2ccc(F)cc2)cc1OC. The van der Waals surface area contributed by atoms with E-state index in [2.05, 4.69) is 0 Å². The number of sulfone groups is 1. The first-order valence-electron chi connectivity index (χ1n) is 8.06. The number of methoxy groups -OCH3 is 1. The number of halogens is 1. The summed E-state index contributed by atoms with van der Waals surface area (Å²) in [6.45, 7) is 2.25. The third-order valence-electron chi connectivity index (χ3n) is 3.63. The summed E-state index contributed by atoms with van der Waals surface area (Å²) in [5.74, 6) is -1.15. The van der Waals surface area contributed by atoms with Crippen LogP contribution in [0, 0.1) is 5.82 Å². The summed E-state index contributed by atoms with van der Waals surface area (Å²) in [4.78, 5) is 11.2. The Morgan fingerprint density at radius 1 is 1.15 bits per heavy atom. The second kappa shape index (κ2) is 8.68. The van der Waals surface area contributed by atoms with E-state index in [1.165, 1.54) is 25.3 Å². The molecular weight excluding hydrogens is 373 g/mol. The molecular formula is C19H20FNO5S. The van der Waals surface area contributed by atoms with E-state index >= 15 is 0 Å². The minimum atomic E-state index is -4.03. The average Bonchev–Trinajstić information content (AvgIpc) is 2.62. The highest BCUT2D eigenvalue weighted by Gasteiger charge is 2.24. The minimum Gasteiger partial charge on any atom is -0.493 e. The van der Waals surface area contributed by atoms with Gasteiger partial charge in [0, 0.05) is 0 Å². The second-order valence-corrected chi connectivity index (χ2v) is 7.56. The summed E-state index contributed by atoms with van der Waals surface area (Å²) in [5.41, 5.74) is 6.04. The van der Waals surface area contributed by atoms with Gasteiger partial charge in [0.1, 0.15) is 10.7 Å². The van der Waals surface area contributed by atoms with Crippen molar-refractivity contribution in [3.8, 4) is 11.5 Å². The molecule has 8 heteroatoms. The van der Waals surface area contributed by atoms with Crippen molar-refractivity contribution in [2.24, 2.45) is 5.73 Å². The third-order valence-corrected chi connectivity index (χ3v) is 5.34. The summed E-state index contributed by atoms with van der Waals surface area (Å²) < 4.78 is 48.9. The van der Waals surface area contributed by atoms with Gasteiger partial charge in [-0.3, -0.25) is 4.79 Å². The molecule has 0 atom stereocenters. The lowest BCUT2D eigenvalue weighted by Gasteiger charge is -2.11. The number of ether oxygens (including phenoxy) is 2. The molecule has 2 N–H and O–H groups in total. The molecule has 0 unspecified atom stereocenters. The number of hydrogen-bond acceptors (Lipinski definition) is 5. The number of hydrogen-bond donors (Lipinski definition) is 1. The highest BCUT2D eigenvalue weighted by molar-refractivity contribution is 7.95. The summed E-state index contributed by atoms with van der Waals surface area (Å²) in [6.07, 6.45) is 1.18. The van der Waals surface area contributed by atoms with Crippen LogP contribution in [0.2, 0.25) is 0 Å². The smallest absolute Gasteiger partial charge is 0.260 e. The van der Waals surface area contributed by atoms with Crippen LogP contribution < -0.4 is 15.2 Å². The highest BCUT2D eigenvalue weighted by atomic mass is 32.2. The van der Waals surface area contributed by atoms with Crippen molar-refractivity contribution in [2.75, 3.05) is 13.7 Å². The van der Waals surface area contributed by atoms with E-state index in [0.29, 0.717) is 29.2 Å². The van der Waals surface area contributed by atoms with Gasteiger partial charge in [-0.15, -0.1) is 0 Å². The first-order valence-corrected chi connectivity index (χ1v) is 9.71. The van der Waals surface area contributed by atoms with E-state index in [1.807, 2.05) is 6.92 Å². The van der Waals surface area contributed by atoms with Crippen LogP contribution in [0.4, 0.5) is 4.39 Å². The summed E-state index contributed by atoms with van der Waals surface area (Å²) >= 11 is 0. The maximum atomic E-state index is 13.0. The normalized spacial score (nSPS) is 11.9. The second-order valence-electron chi connectivity index (χ2n) is 5.60. The highest BCUT2D eigenvalue weighted by Crippen LogP contribution is 2.29. The minimum absolute atomic E-state index is 0.341. The molecule has 0 aliphatic rings. The van der Waals surface area contributed by atoms with Gasteiger partial charge < -0.3 is 15.2 Å². The molecule has 0 fully saturated rings. The van der Waals surface area contributed by atoms with Gasteiger partial charge in [0.2, 0.25) is 0 Å². The van der Waals surface area contributed by atoms with Crippen molar-refractivity contribution in [1.82, 2.24) is 0 Å². The van der Waals surface area contributed by atoms with Gasteiger partial charge in [0.15, 0.2) is 21.3 Å². The quantitative estimate of drug-likeness (QED) is 0.696. The largest absolute Gasteiger partial charge is 0.493 e. The lowest BCUT2D eigenvalue weighted by Crippen LogP contribution is -2.22. The van der Waals surface area contributed by atoms with Crippen molar-refractivity contribution < 1.29 is 27.1 Å². The van der Waals surface area contributed by atoms with E-state index in [0.717, 1.165) is 12.1 Å². The Balaban J connectivity index is 2.41. The molecule has 6 nitrogen and oxygen atoms in total. The van der Waals surface area contributed by atoms with Crippen LogP contribution in [0.5, 0.6) is 11.5 Å². The molecule has 0 saturated carbocycles. The molecule has 2 aromatic rings. The maximum absolute atomic E-state index is 13.0. The van der Waals surface area contributed by atoms with Gasteiger partial charge in [-0.2, -0.15) is 0 Å². The fourth-order valence-corrected chi connectivity index (χ4v) is 3.80. The Morgan fingerprint density at radius 2 is 1.81 bits per heavy atom. The van der Waals surface area contributed by atoms with Crippen LogP contribution in [-0.4, -0.2) is 28.0 Å². The number of carbonyl (C=O) groups is 1. The Labute approximate surface area is 157 Å². The van der Waals surface area contributed by atoms with E-state index in [-0.39, 0.29) is 0 Å². The zero-order chi connectivity index (χ0) is 20.0. The predicted octanol–water partition coefficient (Wildman–Crippen LogP) is 2.67. The molecule has 27 heavy (non-hydrogen) atoms. The monoisotopic (exact) mass is 393 g/mol. The summed E-state index contributed by atoms with van der Waals surface area (Å²) in [6, 6.07) is 9.72. The first kappa shape index (κ1) is 20.4. The van der Waals surface area contributed by atoms with E-state index in [4.69, 9.17) is 15.2 Å². The number of primary amides is 1. The standard InChI is InChI=1S/C19H20FNO5S/c1-3-26-16-9-6-14(10-17(16)25-2)11-18(19(21)22)27(23,24)12-13-4-7-15(20)8-5-13/h4-11H,3,12H2,1-2H3,(H2,21,22). The van der Waals surface area contributed by atoms with E-state index < -0.39 is 32.2 Å². The van der Waals surface area contributed by atoms with Gasteiger partial charge in [-0.05, 0) is 48.4 Å². The van der Waals surface area contributed by atoms with Crippen molar-refractivity contribution in [3.63, 3.8) is 0 Å². The zero-order valence-electron chi connectivity index (χ0n) is 14.9. The fraction of sp³-hybridized carbons (Fsp3) is 0.211. The molecule has 0 saturated heterocycles. The molecule has 1 amide bonds. The zero-order valence-corrected chi connectivity index (χ0v) is 15.8. The third kappa shape index (κ3) is 5.30. The fourth-order valence-electron chi connectivity index (χ4n) is 2.39. The van der Waals surface area contributed by atoms with Crippen molar-refractivity contribution in [2.45, 2.75) is 12.7 Å². The maximum Gasteiger partial charge on any atom is 0.260 e. The molecule has 0 aliphatic heterocycles. The lowest BCUT2D eigenvalue weighted by atomic mass is 10.2. The van der Waals surface area contributed by atoms with Gasteiger partial charge in [0.05, 0.1) is 19.5 Å². The average molecular weight is 393 g/mol. The van der Waals surface area contributed by atoms with E-state index in [1.54, 1.807) is 18.2 Å². The Hall–Kier alpha value is -2.87. The van der Waals surface area contributed by atoms with E-state index in [9.17, 15) is 17.6 Å². The Morgan fingerprint density at radius 3 is 2.37 bits per heavy atom. The first-order chi connectivity index (χ1) is 12.8. The molecule has 0 radical (unpaired) electrons. The van der Waals surface area contributed by atoms with Gasteiger partial charge in [0.25, 0.3) is 5.91 Å².